The van der Waals surface area contributed by atoms with E-state index in [1.54, 1.807) is 33.2 Å². The molecule has 0 spiro atoms. The molecule has 2 aromatic heterocycles. The van der Waals surface area contributed by atoms with E-state index in [-0.39, 0.29) is 16.9 Å². The maximum atomic E-state index is 13.2. The molecule has 30 heavy (non-hydrogen) atoms. The zero-order chi connectivity index (χ0) is 22.0. The molecule has 0 fully saturated rings. The SMILES string of the molecule is Cc1nc(NC(=O)[C@H](C)n2nc(-c3ccc(F)cc3)ccc2=O)sc1C(=O)N(C)C. The Balaban J connectivity index is 1.83. The Labute approximate surface area is 176 Å². The lowest BCUT2D eigenvalue weighted by atomic mass is 10.1. The molecule has 0 unspecified atom stereocenters. The number of carbonyl (C=O) groups is 2. The Morgan fingerprint density at radius 2 is 1.83 bits per heavy atom. The van der Waals surface area contributed by atoms with Crippen molar-refractivity contribution in [3.63, 3.8) is 0 Å². The van der Waals surface area contributed by atoms with Gasteiger partial charge in [-0.1, -0.05) is 11.3 Å². The van der Waals surface area contributed by atoms with E-state index in [2.05, 4.69) is 15.4 Å². The molecule has 0 aliphatic heterocycles. The molecule has 1 N–H and O–H groups in total. The van der Waals surface area contributed by atoms with Gasteiger partial charge >= 0.3 is 0 Å². The fourth-order valence-electron chi connectivity index (χ4n) is 2.65. The van der Waals surface area contributed by atoms with Gasteiger partial charge in [0.2, 0.25) is 0 Å². The molecular weight excluding hydrogens is 409 g/mol. The molecular formula is C20H20FN5O3S. The summed E-state index contributed by atoms with van der Waals surface area (Å²) >= 11 is 1.06. The van der Waals surface area contributed by atoms with E-state index in [1.807, 2.05) is 0 Å². The van der Waals surface area contributed by atoms with Crippen molar-refractivity contribution in [2.45, 2.75) is 19.9 Å². The Hall–Kier alpha value is -3.40. The Bertz CT molecular complexity index is 1150. The van der Waals surface area contributed by atoms with Gasteiger partial charge in [0, 0.05) is 25.7 Å². The van der Waals surface area contributed by atoms with Crippen LogP contribution in [-0.2, 0) is 4.79 Å². The number of halogens is 1. The molecule has 156 valence electrons. The third-order valence-electron chi connectivity index (χ3n) is 4.34. The molecule has 2 heterocycles. The van der Waals surface area contributed by atoms with E-state index in [1.165, 1.54) is 36.1 Å². The molecule has 3 rings (SSSR count). The quantitative estimate of drug-likeness (QED) is 0.673. The summed E-state index contributed by atoms with van der Waals surface area (Å²) in [6.07, 6.45) is 0. The number of anilines is 1. The maximum absolute atomic E-state index is 13.2. The van der Waals surface area contributed by atoms with Gasteiger partial charge in [0.15, 0.2) is 5.13 Å². The zero-order valence-electron chi connectivity index (χ0n) is 16.8. The fraction of sp³-hybridized carbons (Fsp3) is 0.250. The highest BCUT2D eigenvalue weighted by Gasteiger charge is 2.22. The number of carbonyl (C=O) groups excluding carboxylic acids is 2. The number of benzene rings is 1. The standard InChI is InChI=1S/C20H20FN5O3S/c1-11-17(19(29)25(3)4)30-20(22-11)23-18(28)12(2)26-16(27)10-9-15(24-26)13-5-7-14(21)8-6-13/h5-10,12H,1-4H3,(H,22,23,28)/t12-/m0/s1. The topological polar surface area (TPSA) is 97.2 Å². The largest absolute Gasteiger partial charge is 0.344 e. The molecule has 8 nitrogen and oxygen atoms in total. The van der Waals surface area contributed by atoms with Gasteiger partial charge in [0.05, 0.1) is 11.4 Å². The van der Waals surface area contributed by atoms with Crippen LogP contribution in [0.5, 0.6) is 0 Å². The second-order valence-corrected chi connectivity index (χ2v) is 7.81. The monoisotopic (exact) mass is 429 g/mol. The summed E-state index contributed by atoms with van der Waals surface area (Å²) in [6.45, 7) is 3.22. The average molecular weight is 429 g/mol. The van der Waals surface area contributed by atoms with Gasteiger partial charge in [0.25, 0.3) is 17.4 Å². The van der Waals surface area contributed by atoms with Crippen molar-refractivity contribution >= 4 is 28.3 Å². The fourth-order valence-corrected chi connectivity index (χ4v) is 3.64. The molecule has 0 saturated heterocycles. The minimum Gasteiger partial charge on any atom is -0.344 e. The maximum Gasteiger partial charge on any atom is 0.267 e. The number of aryl methyl sites for hydroxylation is 1. The third-order valence-corrected chi connectivity index (χ3v) is 5.40. The van der Waals surface area contributed by atoms with Crippen LogP contribution in [0.2, 0.25) is 0 Å². The van der Waals surface area contributed by atoms with Crippen LogP contribution in [0.3, 0.4) is 0 Å². The van der Waals surface area contributed by atoms with Crippen LogP contribution in [-0.4, -0.2) is 45.6 Å². The van der Waals surface area contributed by atoms with E-state index < -0.39 is 17.5 Å². The normalized spacial score (nSPS) is 11.8. The molecule has 2 amide bonds. The number of amides is 2. The number of thiazole rings is 1. The van der Waals surface area contributed by atoms with Gasteiger partial charge in [-0.15, -0.1) is 0 Å². The number of hydrogen-bond donors (Lipinski definition) is 1. The Morgan fingerprint density at radius 1 is 1.17 bits per heavy atom. The van der Waals surface area contributed by atoms with Crippen molar-refractivity contribution in [3.05, 3.63) is 63.1 Å². The van der Waals surface area contributed by atoms with E-state index in [4.69, 9.17) is 0 Å². The van der Waals surface area contributed by atoms with Crippen molar-refractivity contribution in [3.8, 4) is 11.3 Å². The third kappa shape index (κ3) is 4.43. The van der Waals surface area contributed by atoms with Crippen molar-refractivity contribution in [2.24, 2.45) is 0 Å². The van der Waals surface area contributed by atoms with Crippen LogP contribution >= 0.6 is 11.3 Å². The summed E-state index contributed by atoms with van der Waals surface area (Å²) in [5.41, 5.74) is 1.09. The predicted molar refractivity (Wildman–Crippen MR) is 112 cm³/mol. The van der Waals surface area contributed by atoms with Crippen molar-refractivity contribution in [1.82, 2.24) is 19.7 Å². The first kappa shape index (κ1) is 21.3. The summed E-state index contributed by atoms with van der Waals surface area (Å²) in [4.78, 5) is 43.2. The Morgan fingerprint density at radius 3 is 2.47 bits per heavy atom. The highest BCUT2D eigenvalue weighted by Crippen LogP contribution is 2.24. The van der Waals surface area contributed by atoms with Crippen LogP contribution in [0, 0.1) is 12.7 Å². The lowest BCUT2D eigenvalue weighted by molar-refractivity contribution is -0.119. The summed E-state index contributed by atoms with van der Waals surface area (Å²) in [5.74, 6) is -1.09. The highest BCUT2D eigenvalue weighted by atomic mass is 32.1. The number of nitrogens with zero attached hydrogens (tertiary/aromatic N) is 4. The van der Waals surface area contributed by atoms with Gasteiger partial charge in [-0.2, -0.15) is 5.10 Å². The molecule has 0 bridgehead atoms. The number of nitrogens with one attached hydrogen (secondary N) is 1. The first-order valence-electron chi connectivity index (χ1n) is 9.03. The van der Waals surface area contributed by atoms with E-state index in [0.29, 0.717) is 21.8 Å². The highest BCUT2D eigenvalue weighted by molar-refractivity contribution is 7.17. The zero-order valence-corrected chi connectivity index (χ0v) is 17.7. The average Bonchev–Trinajstić information content (AvgIpc) is 3.07. The van der Waals surface area contributed by atoms with Gasteiger partial charge < -0.3 is 10.2 Å². The first-order chi connectivity index (χ1) is 14.2. The van der Waals surface area contributed by atoms with Gasteiger partial charge in [-0.25, -0.2) is 14.1 Å². The van der Waals surface area contributed by atoms with Crippen LogP contribution in [0.15, 0.2) is 41.2 Å². The van der Waals surface area contributed by atoms with E-state index >= 15 is 0 Å². The summed E-state index contributed by atoms with van der Waals surface area (Å²) in [6, 6.07) is 7.55. The van der Waals surface area contributed by atoms with Crippen molar-refractivity contribution in [2.75, 3.05) is 19.4 Å². The smallest absolute Gasteiger partial charge is 0.267 e. The van der Waals surface area contributed by atoms with Crippen LogP contribution in [0.25, 0.3) is 11.3 Å². The molecule has 0 radical (unpaired) electrons. The molecule has 0 aliphatic rings. The van der Waals surface area contributed by atoms with Crippen molar-refractivity contribution in [1.29, 1.82) is 0 Å². The molecule has 1 atom stereocenters. The number of hydrogen-bond acceptors (Lipinski definition) is 6. The molecule has 0 aliphatic carbocycles. The lowest BCUT2D eigenvalue weighted by Crippen LogP contribution is -2.33. The second kappa shape index (κ2) is 8.54. The first-order valence-corrected chi connectivity index (χ1v) is 9.84. The Kier molecular flexibility index (Phi) is 6.06. The minimum absolute atomic E-state index is 0.205. The van der Waals surface area contributed by atoms with Crippen LogP contribution < -0.4 is 10.9 Å². The molecule has 0 saturated carbocycles. The molecule has 3 aromatic rings. The number of aromatic nitrogens is 3. The molecule has 10 heteroatoms. The van der Waals surface area contributed by atoms with E-state index in [0.717, 1.165) is 16.0 Å². The summed E-state index contributed by atoms with van der Waals surface area (Å²) < 4.78 is 14.2. The van der Waals surface area contributed by atoms with Gasteiger partial charge in [-0.05, 0) is 44.2 Å². The minimum atomic E-state index is -0.935. The van der Waals surface area contributed by atoms with Crippen LogP contribution in [0.4, 0.5) is 9.52 Å². The lowest BCUT2D eigenvalue weighted by Gasteiger charge is -2.14. The number of rotatable bonds is 5. The van der Waals surface area contributed by atoms with Gasteiger partial charge in [-0.3, -0.25) is 14.4 Å². The molecule has 1 aromatic carbocycles. The summed E-state index contributed by atoms with van der Waals surface area (Å²) in [5, 5.41) is 7.15. The van der Waals surface area contributed by atoms with Crippen molar-refractivity contribution < 1.29 is 14.0 Å². The predicted octanol–water partition coefficient (Wildman–Crippen LogP) is 2.72. The van der Waals surface area contributed by atoms with Crippen LogP contribution in [0.1, 0.15) is 28.3 Å². The second-order valence-electron chi connectivity index (χ2n) is 6.81. The van der Waals surface area contributed by atoms with Gasteiger partial charge in [0.1, 0.15) is 16.7 Å². The van der Waals surface area contributed by atoms with E-state index in [9.17, 15) is 18.8 Å². The summed E-state index contributed by atoms with van der Waals surface area (Å²) in [7, 11) is 3.27.